The first-order valence-electron chi connectivity index (χ1n) is 9.79. The fourth-order valence-corrected chi connectivity index (χ4v) is 4.21. The van der Waals surface area contributed by atoms with Gasteiger partial charge in [0.2, 0.25) is 11.8 Å². The molecule has 28 heavy (non-hydrogen) atoms. The van der Waals surface area contributed by atoms with Gasteiger partial charge in [-0.3, -0.25) is 14.6 Å². The SMILES string of the molecule is CCC(=O)N[C@H]1c2cncc(-c3ccc4c(c3)CCC(=O)N4C)c2CCC1F. The fourth-order valence-electron chi connectivity index (χ4n) is 4.21. The van der Waals surface area contributed by atoms with Crippen LogP contribution in [0.2, 0.25) is 0 Å². The van der Waals surface area contributed by atoms with E-state index < -0.39 is 12.2 Å². The third-order valence-corrected chi connectivity index (χ3v) is 5.83. The molecule has 4 rings (SSSR count). The third kappa shape index (κ3) is 3.17. The molecule has 0 bridgehead atoms. The van der Waals surface area contributed by atoms with E-state index in [1.54, 1.807) is 25.1 Å². The van der Waals surface area contributed by atoms with Crippen LogP contribution in [0.3, 0.4) is 0 Å². The largest absolute Gasteiger partial charge is 0.346 e. The average molecular weight is 381 g/mol. The van der Waals surface area contributed by atoms with E-state index in [0.717, 1.165) is 39.9 Å². The number of hydrogen-bond acceptors (Lipinski definition) is 3. The van der Waals surface area contributed by atoms with Crippen molar-refractivity contribution in [3.63, 3.8) is 0 Å². The summed E-state index contributed by atoms with van der Waals surface area (Å²) in [6, 6.07) is 5.42. The monoisotopic (exact) mass is 381 g/mol. The highest BCUT2D eigenvalue weighted by Crippen LogP contribution is 2.39. The summed E-state index contributed by atoms with van der Waals surface area (Å²) in [5.41, 5.74) is 5.88. The highest BCUT2D eigenvalue weighted by atomic mass is 19.1. The van der Waals surface area contributed by atoms with Crippen molar-refractivity contribution in [3.05, 3.63) is 47.3 Å². The Hall–Kier alpha value is -2.76. The molecule has 2 heterocycles. The number of rotatable bonds is 3. The van der Waals surface area contributed by atoms with Crippen LogP contribution in [0.5, 0.6) is 0 Å². The van der Waals surface area contributed by atoms with Gasteiger partial charge in [0.25, 0.3) is 0 Å². The molecule has 2 aliphatic rings. The van der Waals surface area contributed by atoms with Crippen molar-refractivity contribution in [2.24, 2.45) is 0 Å². The van der Waals surface area contributed by atoms with Gasteiger partial charge in [-0.2, -0.15) is 0 Å². The molecule has 2 aromatic rings. The summed E-state index contributed by atoms with van der Waals surface area (Å²) in [5, 5.41) is 2.82. The van der Waals surface area contributed by atoms with E-state index in [9.17, 15) is 14.0 Å². The normalized spacial score (nSPS) is 21.1. The molecule has 0 fully saturated rings. The Morgan fingerprint density at radius 1 is 1.29 bits per heavy atom. The summed E-state index contributed by atoms with van der Waals surface area (Å²) in [5.74, 6) is -0.0325. The van der Waals surface area contributed by atoms with Crippen molar-refractivity contribution in [3.8, 4) is 11.1 Å². The van der Waals surface area contributed by atoms with Gasteiger partial charge in [0.05, 0.1) is 6.04 Å². The van der Waals surface area contributed by atoms with E-state index in [2.05, 4.69) is 16.4 Å². The van der Waals surface area contributed by atoms with Gasteiger partial charge < -0.3 is 10.2 Å². The second-order valence-corrected chi connectivity index (χ2v) is 7.50. The molecule has 2 atom stereocenters. The number of alkyl halides is 1. The van der Waals surface area contributed by atoms with E-state index in [1.165, 1.54) is 0 Å². The lowest BCUT2D eigenvalue weighted by atomic mass is 9.83. The number of anilines is 1. The van der Waals surface area contributed by atoms with Crippen LogP contribution in [-0.4, -0.2) is 30.0 Å². The molecular formula is C22H24FN3O2. The Balaban J connectivity index is 1.75. The summed E-state index contributed by atoms with van der Waals surface area (Å²) >= 11 is 0. The van der Waals surface area contributed by atoms with Crippen LogP contribution in [0.4, 0.5) is 10.1 Å². The van der Waals surface area contributed by atoms with Gasteiger partial charge >= 0.3 is 0 Å². The maximum absolute atomic E-state index is 14.6. The number of amides is 2. The lowest BCUT2D eigenvalue weighted by Gasteiger charge is -2.31. The number of nitrogens with zero attached hydrogens (tertiary/aromatic N) is 2. The Morgan fingerprint density at radius 3 is 2.89 bits per heavy atom. The zero-order valence-electron chi connectivity index (χ0n) is 16.2. The van der Waals surface area contributed by atoms with Crippen LogP contribution in [0.15, 0.2) is 30.6 Å². The van der Waals surface area contributed by atoms with E-state index in [0.29, 0.717) is 25.7 Å². The first-order chi connectivity index (χ1) is 13.5. The smallest absolute Gasteiger partial charge is 0.227 e. The average Bonchev–Trinajstić information content (AvgIpc) is 2.72. The Kier molecular flexibility index (Phi) is 4.87. The lowest BCUT2D eigenvalue weighted by Crippen LogP contribution is -2.37. The predicted octanol–water partition coefficient (Wildman–Crippen LogP) is 3.51. The highest BCUT2D eigenvalue weighted by molar-refractivity contribution is 5.96. The van der Waals surface area contributed by atoms with Crippen molar-refractivity contribution in [1.82, 2.24) is 10.3 Å². The summed E-state index contributed by atoms with van der Waals surface area (Å²) in [6.45, 7) is 1.76. The van der Waals surface area contributed by atoms with Crippen LogP contribution in [0, 0.1) is 0 Å². The van der Waals surface area contributed by atoms with E-state index in [1.807, 2.05) is 18.3 Å². The second kappa shape index (κ2) is 7.34. The molecule has 0 saturated heterocycles. The Morgan fingerprint density at radius 2 is 2.11 bits per heavy atom. The van der Waals surface area contributed by atoms with Gasteiger partial charge in [-0.05, 0) is 53.6 Å². The zero-order valence-corrected chi connectivity index (χ0v) is 16.2. The minimum Gasteiger partial charge on any atom is -0.346 e. The highest BCUT2D eigenvalue weighted by Gasteiger charge is 2.32. The third-order valence-electron chi connectivity index (χ3n) is 5.83. The molecule has 2 amide bonds. The van der Waals surface area contributed by atoms with Crippen LogP contribution >= 0.6 is 0 Å². The second-order valence-electron chi connectivity index (χ2n) is 7.50. The molecule has 6 heteroatoms. The number of carbonyl (C=O) groups excluding carboxylic acids is 2. The molecule has 1 N–H and O–H groups in total. The number of nitrogens with one attached hydrogen (secondary N) is 1. The topological polar surface area (TPSA) is 62.3 Å². The van der Waals surface area contributed by atoms with E-state index >= 15 is 0 Å². The molecule has 0 spiro atoms. The number of fused-ring (bicyclic) bond motifs is 2. The number of aryl methyl sites for hydroxylation is 1. The van der Waals surface area contributed by atoms with Crippen LogP contribution in [0.1, 0.15) is 48.9 Å². The van der Waals surface area contributed by atoms with Crippen molar-refractivity contribution in [1.29, 1.82) is 0 Å². The van der Waals surface area contributed by atoms with Gasteiger partial charge in [-0.15, -0.1) is 0 Å². The molecule has 1 aliphatic heterocycles. The van der Waals surface area contributed by atoms with Gasteiger partial charge in [0.1, 0.15) is 6.17 Å². The summed E-state index contributed by atoms with van der Waals surface area (Å²) < 4.78 is 14.6. The standard InChI is InChI=1S/C22H24FN3O2/c1-3-20(27)25-22-17-12-24-11-16(15(17)6-7-18(22)23)13-4-8-19-14(10-13)5-9-21(28)26(19)2/h4,8,10-12,18,22H,3,5-7,9H2,1-2H3,(H,25,27)/t18?,22-/m0/s1. The molecule has 0 radical (unpaired) electrons. The predicted molar refractivity (Wildman–Crippen MR) is 106 cm³/mol. The Labute approximate surface area is 164 Å². The number of halogens is 1. The number of pyridine rings is 1. The molecule has 1 aliphatic carbocycles. The van der Waals surface area contributed by atoms with Gasteiger partial charge in [0, 0.05) is 43.5 Å². The minimum atomic E-state index is -1.11. The molecule has 1 aromatic heterocycles. The van der Waals surface area contributed by atoms with E-state index in [-0.39, 0.29) is 11.8 Å². The molecular weight excluding hydrogens is 357 g/mol. The lowest BCUT2D eigenvalue weighted by molar-refractivity contribution is -0.122. The fraction of sp³-hybridized carbons (Fsp3) is 0.409. The first kappa shape index (κ1) is 18.6. The zero-order chi connectivity index (χ0) is 19.8. The van der Waals surface area contributed by atoms with Crippen molar-refractivity contribution in [2.75, 3.05) is 11.9 Å². The number of hydrogen-bond donors (Lipinski definition) is 1. The number of aromatic nitrogens is 1. The number of carbonyl (C=O) groups is 2. The van der Waals surface area contributed by atoms with Crippen LogP contribution in [0.25, 0.3) is 11.1 Å². The van der Waals surface area contributed by atoms with Gasteiger partial charge in [-0.1, -0.05) is 13.0 Å². The van der Waals surface area contributed by atoms with Crippen molar-refractivity contribution >= 4 is 17.5 Å². The van der Waals surface area contributed by atoms with Crippen LogP contribution in [-0.2, 0) is 22.4 Å². The molecule has 1 unspecified atom stereocenters. The summed E-state index contributed by atoms with van der Waals surface area (Å²) in [6.07, 6.45) is 4.92. The molecule has 5 nitrogen and oxygen atoms in total. The van der Waals surface area contributed by atoms with Crippen molar-refractivity contribution in [2.45, 2.75) is 51.2 Å². The van der Waals surface area contributed by atoms with Crippen LogP contribution < -0.4 is 10.2 Å². The molecule has 0 saturated carbocycles. The summed E-state index contributed by atoms with van der Waals surface area (Å²) in [4.78, 5) is 29.9. The maximum atomic E-state index is 14.6. The van der Waals surface area contributed by atoms with E-state index in [4.69, 9.17) is 0 Å². The van der Waals surface area contributed by atoms with Gasteiger partial charge in [-0.25, -0.2) is 4.39 Å². The molecule has 1 aromatic carbocycles. The van der Waals surface area contributed by atoms with Gasteiger partial charge in [0.15, 0.2) is 0 Å². The maximum Gasteiger partial charge on any atom is 0.227 e. The quantitative estimate of drug-likeness (QED) is 0.885. The minimum absolute atomic E-state index is 0.127. The Bertz CT molecular complexity index is 943. The summed E-state index contributed by atoms with van der Waals surface area (Å²) in [7, 11) is 1.80. The first-order valence-corrected chi connectivity index (χ1v) is 9.79. The molecule has 146 valence electrons. The number of benzene rings is 1. The van der Waals surface area contributed by atoms with Crippen molar-refractivity contribution < 1.29 is 14.0 Å².